The van der Waals surface area contributed by atoms with E-state index in [1.165, 1.54) is 36.8 Å². The van der Waals surface area contributed by atoms with Gasteiger partial charge in [-0.25, -0.2) is 0 Å². The minimum absolute atomic E-state index is 0.0599. The molecular weight excluding hydrogens is 272 g/mol. The Morgan fingerprint density at radius 3 is 2.95 bits per heavy atom. The number of fused-ring (bicyclic) bond motifs is 4. The molecule has 6 atom stereocenters. The van der Waals surface area contributed by atoms with Crippen molar-refractivity contribution in [1.82, 2.24) is 10.6 Å². The van der Waals surface area contributed by atoms with Crippen LogP contribution in [-0.2, 0) is 11.2 Å². The van der Waals surface area contributed by atoms with Crippen LogP contribution in [0.25, 0.3) is 0 Å². The second-order valence-electron chi connectivity index (χ2n) is 7.73. The molecule has 2 saturated carbocycles. The number of nitrogens with one attached hydrogen (secondary N) is 2. The zero-order valence-corrected chi connectivity index (χ0v) is 12.9. The molecule has 4 aliphatic rings. The molecule has 0 bridgehead atoms. The third kappa shape index (κ3) is 1.95. The predicted molar refractivity (Wildman–Crippen MR) is 85.6 cm³/mol. The first-order valence-electron chi connectivity index (χ1n) is 8.95. The van der Waals surface area contributed by atoms with Crippen LogP contribution >= 0.6 is 0 Å². The molecule has 1 amide bonds. The van der Waals surface area contributed by atoms with Gasteiger partial charge in [0.05, 0.1) is 6.04 Å². The van der Waals surface area contributed by atoms with Crippen LogP contribution in [0.15, 0.2) is 24.3 Å². The topological polar surface area (TPSA) is 41.1 Å². The van der Waals surface area contributed by atoms with E-state index in [2.05, 4.69) is 34.9 Å². The number of hydrogen-bond acceptors (Lipinski definition) is 2. The minimum atomic E-state index is 0.0599. The first-order chi connectivity index (χ1) is 10.8. The summed E-state index contributed by atoms with van der Waals surface area (Å²) in [6.45, 7) is 0. The molecule has 3 nitrogen and oxygen atoms in total. The van der Waals surface area contributed by atoms with Crippen molar-refractivity contribution < 1.29 is 4.79 Å². The zero-order chi connectivity index (χ0) is 14.7. The number of carbonyl (C=O) groups excluding carboxylic acids is 1. The molecule has 6 unspecified atom stereocenters. The van der Waals surface area contributed by atoms with Gasteiger partial charge < -0.3 is 10.6 Å². The van der Waals surface area contributed by atoms with Gasteiger partial charge in [0.25, 0.3) is 0 Å². The standard InChI is InChI=1S/C19H24N2O/c22-19(16-10-12-6-2-4-8-15(12)20-16)21-18-14-9-11-5-1-3-7-13(11)17(14)18/h1,3,5,7,12,14-18,20H,2,4,6,8-10H2,(H,21,22). The fraction of sp³-hybridized carbons (Fsp3) is 0.632. The third-order valence-corrected chi connectivity index (χ3v) is 6.53. The van der Waals surface area contributed by atoms with Gasteiger partial charge in [-0.05, 0) is 48.6 Å². The smallest absolute Gasteiger partial charge is 0.237 e. The van der Waals surface area contributed by atoms with Crippen molar-refractivity contribution in [1.29, 1.82) is 0 Å². The second kappa shape index (κ2) is 4.82. The van der Waals surface area contributed by atoms with E-state index in [4.69, 9.17) is 0 Å². The summed E-state index contributed by atoms with van der Waals surface area (Å²) >= 11 is 0. The van der Waals surface area contributed by atoms with E-state index in [9.17, 15) is 4.79 Å². The van der Waals surface area contributed by atoms with Crippen molar-refractivity contribution in [2.45, 2.75) is 62.6 Å². The lowest BCUT2D eigenvalue weighted by atomic mass is 9.85. The lowest BCUT2D eigenvalue weighted by Gasteiger charge is -2.24. The van der Waals surface area contributed by atoms with Gasteiger partial charge in [0.1, 0.15) is 0 Å². The predicted octanol–water partition coefficient (Wildman–Crippen LogP) is 2.36. The Bertz CT molecular complexity index is 599. The van der Waals surface area contributed by atoms with Crippen LogP contribution < -0.4 is 10.6 Å². The Kier molecular flexibility index (Phi) is 2.88. The van der Waals surface area contributed by atoms with Crippen molar-refractivity contribution in [3.8, 4) is 0 Å². The monoisotopic (exact) mass is 296 g/mol. The van der Waals surface area contributed by atoms with Gasteiger partial charge in [0, 0.05) is 18.0 Å². The van der Waals surface area contributed by atoms with Crippen molar-refractivity contribution in [2.75, 3.05) is 0 Å². The molecule has 0 aromatic heterocycles. The summed E-state index contributed by atoms with van der Waals surface area (Å²) in [5, 5.41) is 6.95. The Labute approximate surface area is 131 Å². The third-order valence-electron chi connectivity index (χ3n) is 6.53. The molecule has 1 heterocycles. The average molecular weight is 296 g/mol. The number of hydrogen-bond donors (Lipinski definition) is 2. The molecule has 1 aliphatic heterocycles. The quantitative estimate of drug-likeness (QED) is 0.879. The summed E-state index contributed by atoms with van der Waals surface area (Å²) in [6, 6.07) is 9.79. The molecule has 1 aromatic rings. The summed E-state index contributed by atoms with van der Waals surface area (Å²) in [4.78, 5) is 12.6. The van der Waals surface area contributed by atoms with Crippen LogP contribution in [0.5, 0.6) is 0 Å². The van der Waals surface area contributed by atoms with Crippen LogP contribution in [0.3, 0.4) is 0 Å². The molecule has 0 spiro atoms. The summed E-state index contributed by atoms with van der Waals surface area (Å²) in [6.07, 6.45) is 7.44. The van der Waals surface area contributed by atoms with E-state index in [0.29, 0.717) is 23.9 Å². The fourth-order valence-electron chi connectivity index (χ4n) is 5.33. The maximum Gasteiger partial charge on any atom is 0.237 e. The van der Waals surface area contributed by atoms with Gasteiger partial charge in [-0.3, -0.25) is 4.79 Å². The molecule has 2 N–H and O–H groups in total. The highest BCUT2D eigenvalue weighted by atomic mass is 16.2. The number of carbonyl (C=O) groups is 1. The summed E-state index contributed by atoms with van der Waals surface area (Å²) < 4.78 is 0. The largest absolute Gasteiger partial charge is 0.351 e. The van der Waals surface area contributed by atoms with Crippen molar-refractivity contribution in [3.05, 3.63) is 35.4 Å². The molecule has 1 saturated heterocycles. The summed E-state index contributed by atoms with van der Waals surface area (Å²) in [7, 11) is 0. The van der Waals surface area contributed by atoms with Gasteiger partial charge in [-0.1, -0.05) is 37.1 Å². The highest BCUT2D eigenvalue weighted by molar-refractivity contribution is 5.83. The highest BCUT2D eigenvalue weighted by Gasteiger charge is 2.56. The summed E-state index contributed by atoms with van der Waals surface area (Å²) in [5.41, 5.74) is 2.97. The van der Waals surface area contributed by atoms with Crippen LogP contribution in [0.1, 0.15) is 49.1 Å². The molecule has 116 valence electrons. The fourth-order valence-corrected chi connectivity index (χ4v) is 5.33. The molecule has 3 heteroatoms. The van der Waals surface area contributed by atoms with E-state index in [0.717, 1.165) is 18.8 Å². The van der Waals surface area contributed by atoms with E-state index in [1.54, 1.807) is 0 Å². The number of amides is 1. The van der Waals surface area contributed by atoms with Crippen molar-refractivity contribution in [3.63, 3.8) is 0 Å². The Morgan fingerprint density at radius 2 is 2.05 bits per heavy atom. The molecule has 22 heavy (non-hydrogen) atoms. The Balaban J connectivity index is 1.23. The maximum absolute atomic E-state index is 12.6. The average Bonchev–Trinajstić information content (AvgIpc) is 2.92. The number of rotatable bonds is 2. The van der Waals surface area contributed by atoms with Gasteiger partial charge in [-0.15, -0.1) is 0 Å². The van der Waals surface area contributed by atoms with Crippen LogP contribution in [-0.4, -0.2) is 24.0 Å². The Hall–Kier alpha value is -1.35. The zero-order valence-electron chi connectivity index (χ0n) is 12.9. The molecule has 1 aromatic carbocycles. The second-order valence-corrected chi connectivity index (χ2v) is 7.73. The van der Waals surface area contributed by atoms with Gasteiger partial charge in [-0.2, -0.15) is 0 Å². The van der Waals surface area contributed by atoms with E-state index in [-0.39, 0.29) is 11.9 Å². The normalized spacial score (nSPS) is 41.5. The van der Waals surface area contributed by atoms with Crippen LogP contribution in [0, 0.1) is 11.8 Å². The van der Waals surface area contributed by atoms with Crippen LogP contribution in [0.4, 0.5) is 0 Å². The van der Waals surface area contributed by atoms with E-state index >= 15 is 0 Å². The lowest BCUT2D eigenvalue weighted by molar-refractivity contribution is -0.123. The van der Waals surface area contributed by atoms with E-state index in [1.807, 2.05) is 0 Å². The number of benzene rings is 1. The molecule has 3 fully saturated rings. The van der Waals surface area contributed by atoms with Crippen LogP contribution in [0.2, 0.25) is 0 Å². The lowest BCUT2D eigenvalue weighted by Crippen LogP contribution is -2.44. The maximum atomic E-state index is 12.6. The SMILES string of the molecule is O=C(NC1C2Cc3ccccc3C21)C1CC2CCCCC2N1. The molecule has 5 rings (SSSR count). The first-order valence-corrected chi connectivity index (χ1v) is 8.95. The molecule has 3 aliphatic carbocycles. The van der Waals surface area contributed by atoms with Crippen molar-refractivity contribution >= 4 is 5.91 Å². The van der Waals surface area contributed by atoms with E-state index < -0.39 is 0 Å². The molecule has 0 radical (unpaired) electrons. The Morgan fingerprint density at radius 1 is 1.18 bits per heavy atom. The van der Waals surface area contributed by atoms with Gasteiger partial charge in [0.2, 0.25) is 5.91 Å². The first kappa shape index (κ1) is 13.1. The molecular formula is C19H24N2O. The summed E-state index contributed by atoms with van der Waals surface area (Å²) in [5.74, 6) is 2.24. The van der Waals surface area contributed by atoms with Crippen molar-refractivity contribution in [2.24, 2.45) is 11.8 Å². The minimum Gasteiger partial charge on any atom is -0.351 e. The highest BCUT2D eigenvalue weighted by Crippen LogP contribution is 2.56. The van der Waals surface area contributed by atoms with Gasteiger partial charge in [0.15, 0.2) is 0 Å². The van der Waals surface area contributed by atoms with Gasteiger partial charge >= 0.3 is 0 Å².